The number of halogens is 1. The molecule has 0 bridgehead atoms. The third kappa shape index (κ3) is 4.44. The molecule has 2 N–H and O–H groups in total. The Labute approximate surface area is 133 Å². The zero-order valence-corrected chi connectivity index (χ0v) is 15.0. The van der Waals surface area contributed by atoms with Gasteiger partial charge in [0.05, 0.1) is 16.1 Å². The highest BCUT2D eigenvalue weighted by molar-refractivity contribution is 9.10. The average molecular weight is 378 g/mol. The average Bonchev–Trinajstić information content (AvgIpc) is 2.31. The molecule has 0 heterocycles. The first-order chi connectivity index (χ1) is 9.45. The van der Waals surface area contributed by atoms with E-state index in [-0.39, 0.29) is 12.4 Å². The van der Waals surface area contributed by atoms with Gasteiger partial charge in [-0.3, -0.25) is 0 Å². The summed E-state index contributed by atoms with van der Waals surface area (Å²) < 4.78 is 28.7. The van der Waals surface area contributed by atoms with Crippen molar-refractivity contribution in [2.24, 2.45) is 0 Å². The monoisotopic (exact) mass is 377 g/mol. The summed E-state index contributed by atoms with van der Waals surface area (Å²) in [5, 5.41) is 0. The number of rotatable bonds is 4. The van der Waals surface area contributed by atoms with Crippen LogP contribution in [0.4, 0.5) is 5.69 Å². The van der Waals surface area contributed by atoms with E-state index in [0.29, 0.717) is 21.3 Å². The molecule has 5 nitrogen and oxygen atoms in total. The lowest BCUT2D eigenvalue weighted by atomic mass is 10.1. The number of esters is 1. The van der Waals surface area contributed by atoms with Gasteiger partial charge in [0.15, 0.2) is 9.84 Å². The van der Waals surface area contributed by atoms with E-state index >= 15 is 0 Å². The maximum atomic E-state index is 12.0. The van der Waals surface area contributed by atoms with E-state index in [9.17, 15) is 13.2 Å². The minimum absolute atomic E-state index is 0.176. The Kier molecular flexibility index (Phi) is 5.44. The van der Waals surface area contributed by atoms with Gasteiger partial charge < -0.3 is 10.5 Å². The van der Waals surface area contributed by atoms with Gasteiger partial charge in [0, 0.05) is 10.2 Å². The Bertz CT molecular complexity index is 648. The standard InChI is InChI=1S/C14H20BrNO4S/c1-9-11(7-10(15)8-12(9)16)13(17)20-5-6-21(18,19)14(2,3)4/h7-8H,5-6,16H2,1-4H3. The van der Waals surface area contributed by atoms with Crippen molar-refractivity contribution in [1.29, 1.82) is 0 Å². The molecular weight excluding hydrogens is 358 g/mol. The number of carbonyl (C=O) groups excluding carboxylic acids is 1. The van der Waals surface area contributed by atoms with E-state index in [2.05, 4.69) is 15.9 Å². The van der Waals surface area contributed by atoms with Crippen LogP contribution in [-0.2, 0) is 14.6 Å². The number of carbonyl (C=O) groups is 1. The molecule has 0 atom stereocenters. The summed E-state index contributed by atoms with van der Waals surface area (Å²) in [5.74, 6) is -0.783. The van der Waals surface area contributed by atoms with Crippen LogP contribution in [0.2, 0.25) is 0 Å². The van der Waals surface area contributed by atoms with Gasteiger partial charge in [-0.1, -0.05) is 15.9 Å². The molecule has 21 heavy (non-hydrogen) atoms. The molecule has 7 heteroatoms. The molecule has 0 saturated carbocycles. The lowest BCUT2D eigenvalue weighted by Gasteiger charge is -2.19. The second-order valence-electron chi connectivity index (χ2n) is 5.73. The Morgan fingerprint density at radius 3 is 2.43 bits per heavy atom. The predicted octanol–water partition coefficient (Wildman–Crippen LogP) is 2.71. The van der Waals surface area contributed by atoms with Crippen molar-refractivity contribution in [2.75, 3.05) is 18.1 Å². The van der Waals surface area contributed by atoms with Crippen LogP contribution in [0.1, 0.15) is 36.7 Å². The summed E-state index contributed by atoms with van der Waals surface area (Å²) in [4.78, 5) is 12.0. The molecule has 0 aliphatic rings. The molecule has 0 aliphatic carbocycles. The molecule has 0 aliphatic heterocycles. The fraction of sp³-hybridized carbons (Fsp3) is 0.500. The molecule has 118 valence electrons. The number of ether oxygens (including phenoxy) is 1. The van der Waals surface area contributed by atoms with E-state index in [1.807, 2.05) is 0 Å². The molecule has 0 amide bonds. The number of anilines is 1. The Hall–Kier alpha value is -1.08. The van der Waals surface area contributed by atoms with Crippen LogP contribution in [0.5, 0.6) is 0 Å². The lowest BCUT2D eigenvalue weighted by molar-refractivity contribution is 0.0528. The third-order valence-electron chi connectivity index (χ3n) is 3.15. The highest BCUT2D eigenvalue weighted by Gasteiger charge is 2.29. The molecule has 1 aromatic carbocycles. The van der Waals surface area contributed by atoms with Gasteiger partial charge in [-0.15, -0.1) is 0 Å². The molecule has 0 spiro atoms. The molecular formula is C14H20BrNO4S. The van der Waals surface area contributed by atoms with Crippen molar-refractivity contribution in [3.63, 3.8) is 0 Å². The normalized spacial score (nSPS) is 12.2. The fourth-order valence-corrected chi connectivity index (χ4v) is 2.93. The summed E-state index contributed by atoms with van der Waals surface area (Å²) in [6.07, 6.45) is 0. The summed E-state index contributed by atoms with van der Waals surface area (Å²) in [7, 11) is -3.31. The minimum Gasteiger partial charge on any atom is -0.461 e. The Morgan fingerprint density at radius 2 is 1.90 bits per heavy atom. The summed E-state index contributed by atoms with van der Waals surface area (Å²) >= 11 is 3.26. The molecule has 0 fully saturated rings. The first-order valence-electron chi connectivity index (χ1n) is 6.41. The topological polar surface area (TPSA) is 86.5 Å². The molecule has 1 aromatic rings. The summed E-state index contributed by atoms with van der Waals surface area (Å²) in [6, 6.07) is 3.29. The number of hydrogen-bond acceptors (Lipinski definition) is 5. The maximum absolute atomic E-state index is 12.0. The Balaban J connectivity index is 2.77. The van der Waals surface area contributed by atoms with Gasteiger partial charge in [-0.2, -0.15) is 0 Å². The van der Waals surface area contributed by atoms with Gasteiger partial charge >= 0.3 is 5.97 Å². The van der Waals surface area contributed by atoms with Gasteiger partial charge in [-0.05, 0) is 45.4 Å². The third-order valence-corrected chi connectivity index (χ3v) is 6.18. The van der Waals surface area contributed by atoms with Crippen LogP contribution in [0.15, 0.2) is 16.6 Å². The molecule has 0 radical (unpaired) electrons. The van der Waals surface area contributed by atoms with Crippen LogP contribution in [0.3, 0.4) is 0 Å². The van der Waals surface area contributed by atoms with Crippen LogP contribution in [0, 0.1) is 6.92 Å². The van der Waals surface area contributed by atoms with Crippen LogP contribution in [-0.4, -0.2) is 31.5 Å². The second-order valence-corrected chi connectivity index (χ2v) is 9.51. The number of nitrogens with two attached hydrogens (primary N) is 1. The van der Waals surface area contributed by atoms with E-state index in [1.165, 1.54) is 0 Å². The predicted molar refractivity (Wildman–Crippen MR) is 87.1 cm³/mol. The highest BCUT2D eigenvalue weighted by Crippen LogP contribution is 2.23. The summed E-state index contributed by atoms with van der Waals surface area (Å²) in [5.41, 5.74) is 7.19. The molecule has 0 saturated heterocycles. The van der Waals surface area contributed by atoms with Crippen LogP contribution in [0.25, 0.3) is 0 Å². The van der Waals surface area contributed by atoms with Gasteiger partial charge in [0.2, 0.25) is 0 Å². The first kappa shape index (κ1) is 18.0. The second kappa shape index (κ2) is 6.36. The van der Waals surface area contributed by atoms with Crippen LogP contribution >= 0.6 is 15.9 Å². The maximum Gasteiger partial charge on any atom is 0.338 e. The lowest BCUT2D eigenvalue weighted by Crippen LogP contribution is -2.32. The first-order valence-corrected chi connectivity index (χ1v) is 8.85. The number of benzene rings is 1. The number of hydrogen-bond donors (Lipinski definition) is 1. The Morgan fingerprint density at radius 1 is 1.33 bits per heavy atom. The van der Waals surface area contributed by atoms with Gasteiger partial charge in [-0.25, -0.2) is 13.2 Å². The molecule has 0 unspecified atom stereocenters. The SMILES string of the molecule is Cc1c(N)cc(Br)cc1C(=O)OCCS(=O)(=O)C(C)(C)C. The van der Waals surface area contributed by atoms with E-state index in [4.69, 9.17) is 10.5 Å². The van der Waals surface area contributed by atoms with E-state index in [0.717, 1.165) is 0 Å². The minimum atomic E-state index is -3.31. The van der Waals surface area contributed by atoms with Crippen molar-refractivity contribution < 1.29 is 17.9 Å². The van der Waals surface area contributed by atoms with Crippen molar-refractivity contribution in [2.45, 2.75) is 32.4 Å². The van der Waals surface area contributed by atoms with Crippen molar-refractivity contribution in [1.82, 2.24) is 0 Å². The molecule has 1 rings (SSSR count). The van der Waals surface area contributed by atoms with Crippen molar-refractivity contribution in [3.8, 4) is 0 Å². The quantitative estimate of drug-likeness (QED) is 0.643. The van der Waals surface area contributed by atoms with Gasteiger partial charge in [0.1, 0.15) is 6.61 Å². The fourth-order valence-electron chi connectivity index (χ4n) is 1.54. The summed E-state index contributed by atoms with van der Waals surface area (Å²) in [6.45, 7) is 6.38. The zero-order valence-electron chi connectivity index (χ0n) is 12.6. The molecule has 0 aromatic heterocycles. The largest absolute Gasteiger partial charge is 0.461 e. The van der Waals surface area contributed by atoms with Crippen molar-refractivity contribution in [3.05, 3.63) is 27.7 Å². The smallest absolute Gasteiger partial charge is 0.338 e. The van der Waals surface area contributed by atoms with Crippen molar-refractivity contribution >= 4 is 37.4 Å². The highest BCUT2D eigenvalue weighted by atomic mass is 79.9. The number of nitrogen functional groups attached to an aromatic ring is 1. The zero-order chi connectivity index (χ0) is 16.4. The van der Waals surface area contributed by atoms with Crippen LogP contribution < -0.4 is 5.73 Å². The number of sulfone groups is 1. The van der Waals surface area contributed by atoms with E-state index in [1.54, 1.807) is 39.8 Å². The van der Waals surface area contributed by atoms with E-state index < -0.39 is 20.6 Å². The van der Waals surface area contributed by atoms with Gasteiger partial charge in [0.25, 0.3) is 0 Å².